The largest absolute Gasteiger partial charge is 0.362 e. The molecule has 0 radical (unpaired) electrons. The number of nitrogens with zero attached hydrogens (tertiary/aromatic N) is 1. The molecule has 1 N–H and O–H groups in total. The van der Waals surface area contributed by atoms with Crippen molar-refractivity contribution in [2.45, 2.75) is 58.7 Å². The molecule has 6 heteroatoms. The van der Waals surface area contributed by atoms with E-state index in [1.165, 1.54) is 6.92 Å². The topological polar surface area (TPSA) is 51.2 Å². The second kappa shape index (κ2) is 7.59. The minimum Gasteiger partial charge on any atom is -0.362 e. The Hall–Kier alpha value is -2.34. The fourth-order valence-electron chi connectivity index (χ4n) is 3.80. The van der Waals surface area contributed by atoms with Gasteiger partial charge in [0, 0.05) is 11.6 Å². The molecule has 2 heterocycles. The Kier molecular flexibility index (Phi) is 5.53. The van der Waals surface area contributed by atoms with Gasteiger partial charge in [0.25, 0.3) is 5.91 Å². The molecule has 1 fully saturated rings. The molecule has 3 atom stereocenters. The normalized spacial score (nSPS) is 23.6. The third kappa shape index (κ3) is 3.65. The minimum atomic E-state index is -0.893. The molecular weight excluding hydrogens is 362 g/mol. The first kappa shape index (κ1) is 20.4. The number of carbonyl (C=O) groups is 1. The molecule has 1 aliphatic heterocycles. The van der Waals surface area contributed by atoms with Crippen LogP contribution in [0.3, 0.4) is 0 Å². The van der Waals surface area contributed by atoms with Crippen LogP contribution in [-0.4, -0.2) is 22.6 Å². The van der Waals surface area contributed by atoms with Crippen LogP contribution < -0.4 is 5.32 Å². The van der Waals surface area contributed by atoms with E-state index in [2.05, 4.69) is 10.3 Å². The van der Waals surface area contributed by atoms with Gasteiger partial charge in [-0.05, 0) is 62.4 Å². The first-order valence-corrected chi connectivity index (χ1v) is 9.53. The minimum absolute atomic E-state index is 0.0765. The van der Waals surface area contributed by atoms with Gasteiger partial charge >= 0.3 is 0 Å². The fourth-order valence-corrected chi connectivity index (χ4v) is 3.80. The number of anilines is 1. The summed E-state index contributed by atoms with van der Waals surface area (Å²) < 4.78 is 33.9. The monoisotopic (exact) mass is 388 g/mol. The SMILES string of the molecule is CCc1ccc(NC(=O)[C@H]2OC(C)(C)[C@H](C)[C@@H]2c2ccc(F)c(F)c2C)cn1. The first-order chi connectivity index (χ1) is 13.2. The zero-order chi connectivity index (χ0) is 20.6. The molecule has 3 rings (SSSR count). The highest BCUT2D eigenvalue weighted by Crippen LogP contribution is 2.47. The van der Waals surface area contributed by atoms with Crippen LogP contribution in [0.15, 0.2) is 30.5 Å². The average Bonchev–Trinajstić information content (AvgIpc) is 2.91. The molecule has 1 saturated heterocycles. The van der Waals surface area contributed by atoms with E-state index in [1.807, 2.05) is 33.8 Å². The highest BCUT2D eigenvalue weighted by Gasteiger charge is 2.51. The highest BCUT2D eigenvalue weighted by atomic mass is 19.2. The Bertz CT molecular complexity index is 881. The Balaban J connectivity index is 1.93. The van der Waals surface area contributed by atoms with Crippen LogP contribution in [0.25, 0.3) is 0 Å². The molecule has 0 aliphatic carbocycles. The molecule has 2 aromatic rings. The van der Waals surface area contributed by atoms with Crippen LogP contribution in [0.2, 0.25) is 0 Å². The van der Waals surface area contributed by atoms with Crippen molar-refractivity contribution in [3.8, 4) is 0 Å². The van der Waals surface area contributed by atoms with E-state index in [-0.39, 0.29) is 17.4 Å². The lowest BCUT2D eigenvalue weighted by Crippen LogP contribution is -2.33. The van der Waals surface area contributed by atoms with Crippen molar-refractivity contribution in [2.24, 2.45) is 5.92 Å². The van der Waals surface area contributed by atoms with E-state index >= 15 is 0 Å². The molecule has 150 valence electrons. The number of pyridine rings is 1. The van der Waals surface area contributed by atoms with Crippen LogP contribution in [0.4, 0.5) is 14.5 Å². The number of halogens is 2. The van der Waals surface area contributed by atoms with Crippen molar-refractivity contribution in [3.63, 3.8) is 0 Å². The summed E-state index contributed by atoms with van der Waals surface area (Å²) in [5, 5.41) is 2.84. The molecule has 4 nitrogen and oxygen atoms in total. The summed E-state index contributed by atoms with van der Waals surface area (Å²) in [7, 11) is 0. The lowest BCUT2D eigenvalue weighted by Gasteiger charge is -2.25. The summed E-state index contributed by atoms with van der Waals surface area (Å²) in [4.78, 5) is 17.3. The Morgan fingerprint density at radius 2 is 1.96 bits per heavy atom. The zero-order valence-electron chi connectivity index (χ0n) is 16.8. The summed E-state index contributed by atoms with van der Waals surface area (Å²) in [5.41, 5.74) is 1.72. The van der Waals surface area contributed by atoms with Gasteiger partial charge in [-0.25, -0.2) is 8.78 Å². The maximum absolute atomic E-state index is 14.2. The quantitative estimate of drug-likeness (QED) is 0.821. The van der Waals surface area contributed by atoms with Crippen molar-refractivity contribution in [1.29, 1.82) is 0 Å². The predicted octanol–water partition coefficient (Wildman–Crippen LogP) is 4.77. The standard InChI is InChI=1S/C22H26F2N2O2/c1-6-14-7-8-15(11-25-14)26-21(27)20-18(13(3)22(4,5)28-20)16-9-10-17(23)19(24)12(16)2/h7-11,13,18,20H,6H2,1-5H3,(H,26,27)/t13-,18-,20+/m1/s1. The number of carbonyl (C=O) groups excluding carboxylic acids is 1. The van der Waals surface area contributed by atoms with Crippen LogP contribution >= 0.6 is 0 Å². The Morgan fingerprint density at radius 1 is 1.25 bits per heavy atom. The Morgan fingerprint density at radius 3 is 2.57 bits per heavy atom. The lowest BCUT2D eigenvalue weighted by molar-refractivity contribution is -0.131. The maximum Gasteiger partial charge on any atom is 0.254 e. The van der Waals surface area contributed by atoms with E-state index in [0.29, 0.717) is 11.3 Å². The maximum atomic E-state index is 14.2. The van der Waals surface area contributed by atoms with E-state index in [9.17, 15) is 13.6 Å². The van der Waals surface area contributed by atoms with Gasteiger partial charge in [0.2, 0.25) is 0 Å². The molecule has 0 unspecified atom stereocenters. The van der Waals surface area contributed by atoms with Gasteiger partial charge in [0.05, 0.1) is 17.5 Å². The van der Waals surface area contributed by atoms with Crippen LogP contribution in [-0.2, 0) is 16.0 Å². The van der Waals surface area contributed by atoms with E-state index < -0.39 is 29.3 Å². The second-order valence-electron chi connectivity index (χ2n) is 7.91. The number of hydrogen-bond acceptors (Lipinski definition) is 3. The highest BCUT2D eigenvalue weighted by molar-refractivity contribution is 5.95. The molecule has 1 amide bonds. The molecule has 28 heavy (non-hydrogen) atoms. The van der Waals surface area contributed by atoms with E-state index in [4.69, 9.17) is 4.74 Å². The third-order valence-corrected chi connectivity index (χ3v) is 5.85. The summed E-state index contributed by atoms with van der Waals surface area (Å²) in [6.07, 6.45) is 1.60. The summed E-state index contributed by atoms with van der Waals surface area (Å²) in [5.74, 6) is -2.57. The number of ether oxygens (including phenoxy) is 1. The van der Waals surface area contributed by atoms with Gasteiger partial charge < -0.3 is 10.1 Å². The van der Waals surface area contributed by atoms with Gasteiger partial charge in [0.15, 0.2) is 11.6 Å². The molecule has 1 aliphatic rings. The molecule has 0 spiro atoms. The van der Waals surface area contributed by atoms with E-state index in [0.717, 1.165) is 18.2 Å². The van der Waals surface area contributed by atoms with Crippen molar-refractivity contribution in [2.75, 3.05) is 5.32 Å². The lowest BCUT2D eigenvalue weighted by atomic mass is 9.77. The number of benzene rings is 1. The first-order valence-electron chi connectivity index (χ1n) is 9.53. The van der Waals surface area contributed by atoms with Crippen LogP contribution in [0, 0.1) is 24.5 Å². The second-order valence-corrected chi connectivity index (χ2v) is 7.91. The van der Waals surface area contributed by atoms with Crippen molar-refractivity contribution < 1.29 is 18.3 Å². The van der Waals surface area contributed by atoms with E-state index in [1.54, 1.807) is 18.3 Å². The smallest absolute Gasteiger partial charge is 0.254 e. The van der Waals surface area contributed by atoms with Crippen LogP contribution in [0.1, 0.15) is 50.4 Å². The number of aryl methyl sites for hydroxylation is 1. The number of aromatic nitrogens is 1. The van der Waals surface area contributed by atoms with Gasteiger partial charge in [-0.2, -0.15) is 0 Å². The molecule has 0 saturated carbocycles. The number of amides is 1. The molecule has 1 aromatic heterocycles. The predicted molar refractivity (Wildman–Crippen MR) is 104 cm³/mol. The van der Waals surface area contributed by atoms with Gasteiger partial charge in [0.1, 0.15) is 6.10 Å². The van der Waals surface area contributed by atoms with Gasteiger partial charge in [-0.3, -0.25) is 9.78 Å². The third-order valence-electron chi connectivity index (χ3n) is 5.85. The molecule has 1 aromatic carbocycles. The summed E-state index contributed by atoms with van der Waals surface area (Å²) in [6, 6.07) is 6.31. The summed E-state index contributed by atoms with van der Waals surface area (Å²) >= 11 is 0. The van der Waals surface area contributed by atoms with Crippen molar-refractivity contribution in [1.82, 2.24) is 4.98 Å². The fraction of sp³-hybridized carbons (Fsp3) is 0.455. The number of rotatable bonds is 4. The van der Waals surface area contributed by atoms with Crippen molar-refractivity contribution in [3.05, 3.63) is 58.9 Å². The summed E-state index contributed by atoms with van der Waals surface area (Å²) in [6.45, 7) is 9.32. The van der Waals surface area contributed by atoms with Gasteiger partial charge in [-0.15, -0.1) is 0 Å². The number of hydrogen-bond donors (Lipinski definition) is 1. The zero-order valence-corrected chi connectivity index (χ0v) is 16.8. The molecular formula is C22H26F2N2O2. The Labute approximate surface area is 164 Å². The molecule has 0 bridgehead atoms. The number of nitrogens with one attached hydrogen (secondary N) is 1. The van der Waals surface area contributed by atoms with Crippen LogP contribution in [0.5, 0.6) is 0 Å². The average molecular weight is 388 g/mol. The van der Waals surface area contributed by atoms with Crippen molar-refractivity contribution >= 4 is 11.6 Å². The van der Waals surface area contributed by atoms with Gasteiger partial charge in [-0.1, -0.05) is 19.9 Å².